The Hall–Kier alpha value is -7.54. The quantitative estimate of drug-likeness (QED) is 0.162. The first-order valence-electron chi connectivity index (χ1n) is 16.8. The zero-order valence-electron chi connectivity index (χ0n) is 28.5. The van der Waals surface area contributed by atoms with Crippen LogP contribution in [0.2, 0.25) is 0 Å². The topological polar surface area (TPSA) is 146 Å². The molecule has 2 aliphatic rings. The number of nitrogens with zero attached hydrogens (tertiary/aromatic N) is 6. The molecule has 0 atom stereocenters. The third-order valence-electron chi connectivity index (χ3n) is 8.87. The maximum absolute atomic E-state index is 10.6. The molecule has 0 amide bonds. The van der Waals surface area contributed by atoms with Crippen LogP contribution in [-0.4, -0.2) is 57.1 Å². The van der Waals surface area contributed by atoms with Crippen molar-refractivity contribution in [3.8, 4) is 44.5 Å². The van der Waals surface area contributed by atoms with Gasteiger partial charge in [0.1, 0.15) is 0 Å². The van der Waals surface area contributed by atoms with E-state index in [2.05, 4.69) is 78.5 Å². The number of fused-ring (bicyclic) bond motifs is 8. The zero-order valence-corrected chi connectivity index (χ0v) is 28.5. The highest BCUT2D eigenvalue weighted by Gasteiger charge is 2.38. The first-order valence-corrected chi connectivity index (χ1v) is 16.8. The van der Waals surface area contributed by atoms with E-state index in [0.29, 0.717) is 0 Å². The lowest BCUT2D eigenvalue weighted by molar-refractivity contribution is -0.192. The highest BCUT2D eigenvalue weighted by atomic mass is 19.4. The van der Waals surface area contributed by atoms with Crippen LogP contribution in [0.25, 0.3) is 90.9 Å². The molecule has 10 nitrogen and oxygen atoms in total. The van der Waals surface area contributed by atoms with Crippen LogP contribution < -0.4 is 0 Å². The molecule has 55 heavy (non-hydrogen) atoms. The molecule has 0 spiro atoms. The summed E-state index contributed by atoms with van der Waals surface area (Å²) in [7, 11) is 0. The summed E-state index contributed by atoms with van der Waals surface area (Å²) in [6, 6.07) is 24.6. The van der Waals surface area contributed by atoms with Crippen molar-refractivity contribution in [2.24, 2.45) is 0 Å². The van der Waals surface area contributed by atoms with E-state index in [-0.39, 0.29) is 0 Å². The van der Waals surface area contributed by atoms with Crippen molar-refractivity contribution in [3.63, 3.8) is 0 Å². The van der Waals surface area contributed by atoms with E-state index < -0.39 is 12.1 Å². The van der Waals surface area contributed by atoms with E-state index in [4.69, 9.17) is 19.9 Å². The summed E-state index contributed by atoms with van der Waals surface area (Å²) in [5.41, 5.74) is 15.0. The number of halogens is 3. The molecule has 0 fully saturated rings. The minimum Gasteiger partial charge on any atom is -0.475 e. The molecular formula is C42H27F3N8O2. The third-order valence-corrected chi connectivity index (χ3v) is 8.87. The normalized spacial score (nSPS) is 11.9. The fourth-order valence-corrected chi connectivity index (χ4v) is 6.49. The van der Waals surface area contributed by atoms with Crippen molar-refractivity contribution in [3.05, 3.63) is 145 Å². The Kier molecular flexibility index (Phi) is 9.09. The van der Waals surface area contributed by atoms with E-state index in [9.17, 15) is 13.2 Å². The van der Waals surface area contributed by atoms with E-state index in [1.165, 1.54) is 0 Å². The van der Waals surface area contributed by atoms with E-state index in [0.717, 1.165) is 89.4 Å². The van der Waals surface area contributed by atoms with Crippen molar-refractivity contribution in [1.29, 1.82) is 0 Å². The number of H-pyrrole nitrogens is 2. The number of hydrogen-bond donors (Lipinski definition) is 3. The fourth-order valence-electron chi connectivity index (χ4n) is 6.49. The number of hydrogen-bond acceptors (Lipinski definition) is 7. The fraction of sp³-hybridized carbons (Fsp3) is 0.0238. The van der Waals surface area contributed by atoms with Crippen molar-refractivity contribution >= 4 is 52.3 Å². The van der Waals surface area contributed by atoms with E-state index in [1.54, 1.807) is 0 Å². The van der Waals surface area contributed by atoms with Crippen LogP contribution in [-0.2, 0) is 4.79 Å². The number of aliphatic carboxylic acids is 1. The Bertz CT molecular complexity index is 2420. The van der Waals surface area contributed by atoms with Gasteiger partial charge in [-0.15, -0.1) is 0 Å². The van der Waals surface area contributed by atoms with Gasteiger partial charge in [0, 0.05) is 93.9 Å². The number of nitrogens with one attached hydrogen (secondary N) is 2. The molecular weight excluding hydrogens is 706 g/mol. The SMILES string of the molecule is C1=Cc2nc1c(-c1ccncc1)c1ccc([nH]1)c(-c1ccncc1)c1nc(c(-c3ccncc3)c3ccc([nH]3)c2-c2ccncc2)C=C1.O=C(O)C(F)(F)F. The summed E-state index contributed by atoms with van der Waals surface area (Å²) in [5.74, 6) is -2.76. The van der Waals surface area contributed by atoms with Gasteiger partial charge in [0.2, 0.25) is 0 Å². The number of aromatic amines is 2. The Labute approximate surface area is 310 Å². The van der Waals surface area contributed by atoms with Gasteiger partial charge in [-0.1, -0.05) is 0 Å². The maximum Gasteiger partial charge on any atom is 0.490 e. The lowest BCUT2D eigenvalue weighted by Crippen LogP contribution is -2.21. The van der Waals surface area contributed by atoms with Gasteiger partial charge in [-0.25, -0.2) is 14.8 Å². The number of aromatic nitrogens is 8. The van der Waals surface area contributed by atoms with Crippen molar-refractivity contribution in [1.82, 2.24) is 39.9 Å². The Balaban J connectivity index is 0.000000560. The lowest BCUT2D eigenvalue weighted by atomic mass is 10.1. The van der Waals surface area contributed by atoms with Crippen molar-refractivity contribution < 1.29 is 23.1 Å². The maximum atomic E-state index is 10.6. The van der Waals surface area contributed by atoms with Gasteiger partial charge in [0.05, 0.1) is 22.8 Å². The molecule has 13 heteroatoms. The summed E-state index contributed by atoms with van der Waals surface area (Å²) < 4.78 is 31.7. The number of carboxylic acid groups (broad SMARTS) is 1. The van der Waals surface area contributed by atoms with Crippen molar-refractivity contribution in [2.75, 3.05) is 0 Å². The average molecular weight is 733 g/mol. The molecule has 7 aromatic heterocycles. The third kappa shape index (κ3) is 7.01. The Morgan fingerprint density at radius 2 is 0.655 bits per heavy atom. The van der Waals surface area contributed by atoms with Crippen LogP contribution in [0.1, 0.15) is 22.8 Å². The molecule has 0 aliphatic carbocycles. The highest BCUT2D eigenvalue weighted by Crippen LogP contribution is 2.38. The van der Waals surface area contributed by atoms with Gasteiger partial charge in [-0.2, -0.15) is 13.2 Å². The Morgan fingerprint density at radius 1 is 0.436 bits per heavy atom. The molecule has 0 aromatic carbocycles. The van der Waals surface area contributed by atoms with E-state index >= 15 is 0 Å². The molecule has 9 heterocycles. The molecule has 268 valence electrons. The highest BCUT2D eigenvalue weighted by molar-refractivity contribution is 5.99. The van der Waals surface area contributed by atoms with Crippen LogP contribution >= 0.6 is 0 Å². The van der Waals surface area contributed by atoms with Crippen LogP contribution in [0.3, 0.4) is 0 Å². The average Bonchev–Trinajstić information content (AvgIpc) is 4.04. The number of carbonyl (C=O) groups is 1. The van der Waals surface area contributed by atoms with Gasteiger partial charge >= 0.3 is 12.1 Å². The second-order valence-corrected chi connectivity index (χ2v) is 12.2. The smallest absolute Gasteiger partial charge is 0.475 e. The van der Waals surface area contributed by atoms with Crippen LogP contribution in [0, 0.1) is 0 Å². The molecule has 3 N–H and O–H groups in total. The van der Waals surface area contributed by atoms with Gasteiger partial charge in [-0.05, 0) is 119 Å². The lowest BCUT2D eigenvalue weighted by Gasteiger charge is -2.06. The molecule has 7 aromatic rings. The molecule has 2 aliphatic heterocycles. The molecule has 0 unspecified atom stereocenters. The monoisotopic (exact) mass is 732 g/mol. The van der Waals surface area contributed by atoms with Gasteiger partial charge in [0.25, 0.3) is 0 Å². The first-order chi connectivity index (χ1) is 26.7. The minimum absolute atomic E-state index is 0.846. The van der Waals surface area contributed by atoms with Gasteiger partial charge in [-0.3, -0.25) is 19.9 Å². The number of pyridine rings is 4. The summed E-state index contributed by atoms with van der Waals surface area (Å²) in [4.78, 5) is 44.1. The number of alkyl halides is 3. The van der Waals surface area contributed by atoms with Crippen molar-refractivity contribution in [2.45, 2.75) is 6.18 Å². The zero-order chi connectivity index (χ0) is 37.9. The molecule has 0 radical (unpaired) electrons. The molecule has 0 saturated carbocycles. The first kappa shape index (κ1) is 34.5. The molecule has 9 rings (SSSR count). The van der Waals surface area contributed by atoms with Gasteiger partial charge in [0.15, 0.2) is 0 Å². The number of carboxylic acids is 1. The second kappa shape index (κ2) is 14.5. The summed E-state index contributed by atoms with van der Waals surface area (Å²) in [6.07, 6.45) is 17.7. The van der Waals surface area contributed by atoms with Crippen LogP contribution in [0.5, 0.6) is 0 Å². The predicted octanol–water partition coefficient (Wildman–Crippen LogP) is 9.54. The standard InChI is InChI=1S/C40H26N8.C2HF3O2/c1-2-30-38(26-11-19-42-20-12-26)32-5-6-34(47-32)40(28-15-23-44-24-16-28)36-8-7-35(48-36)39(27-13-21-43-22-14-27)33-4-3-31(46-33)37(29(1)45-30)25-9-17-41-18-10-25;3-2(4,5)1(6)7/h1-24,45,48H;(H,6,7). The largest absolute Gasteiger partial charge is 0.490 e. The summed E-state index contributed by atoms with van der Waals surface area (Å²) in [6.45, 7) is 0. The predicted molar refractivity (Wildman–Crippen MR) is 205 cm³/mol. The summed E-state index contributed by atoms with van der Waals surface area (Å²) in [5, 5.41) is 7.12. The van der Waals surface area contributed by atoms with E-state index in [1.807, 2.05) is 98.1 Å². The summed E-state index contributed by atoms with van der Waals surface area (Å²) >= 11 is 0. The second-order valence-electron chi connectivity index (χ2n) is 12.2. The van der Waals surface area contributed by atoms with Gasteiger partial charge < -0.3 is 15.1 Å². The molecule has 8 bridgehead atoms. The van der Waals surface area contributed by atoms with Crippen LogP contribution in [0.4, 0.5) is 13.2 Å². The number of rotatable bonds is 4. The Morgan fingerprint density at radius 3 is 0.855 bits per heavy atom. The molecule has 0 saturated heterocycles. The van der Waals surface area contributed by atoms with Crippen LogP contribution in [0.15, 0.2) is 122 Å². The minimum atomic E-state index is -5.08.